The lowest BCUT2D eigenvalue weighted by atomic mass is 9.81. The van der Waals surface area contributed by atoms with Gasteiger partial charge < -0.3 is 0 Å². The standard InChI is InChI=1S/C10H18N2O2S/c1-3-10(7-11)15(13,14)12-8(2)9-5-4-6-9/h8-10,12H,3-6H2,1-2H3. The van der Waals surface area contributed by atoms with Crippen LogP contribution in [0.2, 0.25) is 0 Å². The third-order valence-corrected chi connectivity index (χ3v) is 4.98. The zero-order chi connectivity index (χ0) is 11.5. The van der Waals surface area contributed by atoms with Crippen LogP contribution in [-0.2, 0) is 10.0 Å². The van der Waals surface area contributed by atoms with Crippen LogP contribution in [-0.4, -0.2) is 19.7 Å². The minimum atomic E-state index is -3.45. The van der Waals surface area contributed by atoms with Crippen molar-refractivity contribution in [2.45, 2.75) is 50.8 Å². The lowest BCUT2D eigenvalue weighted by Gasteiger charge is -2.32. The Bertz CT molecular complexity index is 341. The summed E-state index contributed by atoms with van der Waals surface area (Å²) < 4.78 is 26.0. The van der Waals surface area contributed by atoms with Crippen LogP contribution in [0.15, 0.2) is 0 Å². The first kappa shape index (κ1) is 12.5. The van der Waals surface area contributed by atoms with Crippen molar-refractivity contribution in [3.8, 4) is 6.07 Å². The molecule has 0 saturated heterocycles. The van der Waals surface area contributed by atoms with Crippen LogP contribution in [0.3, 0.4) is 0 Å². The molecule has 0 aromatic rings. The van der Waals surface area contributed by atoms with Gasteiger partial charge in [0.1, 0.15) is 0 Å². The molecule has 0 aromatic heterocycles. The molecule has 1 fully saturated rings. The second kappa shape index (κ2) is 4.95. The number of rotatable bonds is 5. The number of nitriles is 1. The van der Waals surface area contributed by atoms with Crippen molar-refractivity contribution < 1.29 is 8.42 Å². The second-order valence-corrected chi connectivity index (χ2v) is 6.06. The Kier molecular flexibility index (Phi) is 4.12. The van der Waals surface area contributed by atoms with Crippen molar-refractivity contribution >= 4 is 10.0 Å². The van der Waals surface area contributed by atoms with Gasteiger partial charge in [-0.25, -0.2) is 13.1 Å². The number of hydrogen-bond acceptors (Lipinski definition) is 3. The number of hydrogen-bond donors (Lipinski definition) is 1. The zero-order valence-electron chi connectivity index (χ0n) is 9.23. The Hall–Kier alpha value is -0.600. The predicted octanol–water partition coefficient (Wildman–Crippen LogP) is 1.40. The molecule has 0 heterocycles. The average Bonchev–Trinajstić information content (AvgIpc) is 2.00. The van der Waals surface area contributed by atoms with Gasteiger partial charge in [-0.2, -0.15) is 5.26 Å². The van der Waals surface area contributed by atoms with Crippen molar-refractivity contribution in [2.75, 3.05) is 0 Å². The molecule has 1 saturated carbocycles. The molecule has 1 rings (SSSR count). The lowest BCUT2D eigenvalue weighted by Crippen LogP contribution is -2.44. The van der Waals surface area contributed by atoms with Crippen LogP contribution in [0.25, 0.3) is 0 Å². The molecule has 0 amide bonds. The third-order valence-electron chi connectivity index (χ3n) is 3.10. The number of sulfonamides is 1. The predicted molar refractivity (Wildman–Crippen MR) is 58.6 cm³/mol. The number of nitrogens with one attached hydrogen (secondary N) is 1. The van der Waals surface area contributed by atoms with E-state index in [2.05, 4.69) is 4.72 Å². The second-order valence-electron chi connectivity index (χ2n) is 4.17. The van der Waals surface area contributed by atoms with Crippen LogP contribution >= 0.6 is 0 Å². The fourth-order valence-corrected chi connectivity index (χ4v) is 3.21. The smallest absolute Gasteiger partial charge is 0.211 e. The van der Waals surface area contributed by atoms with E-state index >= 15 is 0 Å². The van der Waals surface area contributed by atoms with E-state index in [0.29, 0.717) is 12.3 Å². The van der Waals surface area contributed by atoms with E-state index in [0.717, 1.165) is 12.8 Å². The third kappa shape index (κ3) is 2.93. The summed E-state index contributed by atoms with van der Waals surface area (Å²) in [4.78, 5) is 0. The Labute approximate surface area is 91.7 Å². The fourth-order valence-electron chi connectivity index (χ4n) is 1.76. The normalized spacial score (nSPS) is 21.4. The van der Waals surface area contributed by atoms with Crippen molar-refractivity contribution in [1.29, 1.82) is 5.26 Å². The molecule has 0 aliphatic heterocycles. The average molecular weight is 230 g/mol. The molecular formula is C10H18N2O2S. The lowest BCUT2D eigenvalue weighted by molar-refractivity contribution is 0.260. The van der Waals surface area contributed by atoms with Gasteiger partial charge >= 0.3 is 0 Å². The Morgan fingerprint density at radius 3 is 2.47 bits per heavy atom. The summed E-state index contributed by atoms with van der Waals surface area (Å²) in [5, 5.41) is 7.80. The largest absolute Gasteiger partial charge is 0.228 e. The van der Waals surface area contributed by atoms with Gasteiger partial charge in [0.2, 0.25) is 10.0 Å². The maximum Gasteiger partial charge on any atom is 0.228 e. The van der Waals surface area contributed by atoms with Gasteiger partial charge in [-0.3, -0.25) is 0 Å². The van der Waals surface area contributed by atoms with E-state index in [1.165, 1.54) is 6.42 Å². The first-order valence-electron chi connectivity index (χ1n) is 5.42. The van der Waals surface area contributed by atoms with Crippen LogP contribution in [0.5, 0.6) is 0 Å². The molecule has 2 unspecified atom stereocenters. The van der Waals surface area contributed by atoms with Crippen LogP contribution in [0.4, 0.5) is 0 Å². The van der Waals surface area contributed by atoms with Gasteiger partial charge in [-0.05, 0) is 32.1 Å². The van der Waals surface area contributed by atoms with E-state index in [1.807, 2.05) is 13.0 Å². The summed E-state index contributed by atoms with van der Waals surface area (Å²) >= 11 is 0. The van der Waals surface area contributed by atoms with E-state index in [9.17, 15) is 8.42 Å². The molecule has 4 nitrogen and oxygen atoms in total. The molecule has 1 N–H and O–H groups in total. The molecule has 0 bridgehead atoms. The van der Waals surface area contributed by atoms with Gasteiger partial charge in [0.25, 0.3) is 0 Å². The maximum atomic E-state index is 11.7. The molecule has 86 valence electrons. The monoisotopic (exact) mass is 230 g/mol. The van der Waals surface area contributed by atoms with Gasteiger partial charge in [0.05, 0.1) is 6.07 Å². The molecular weight excluding hydrogens is 212 g/mol. The van der Waals surface area contributed by atoms with Gasteiger partial charge in [0.15, 0.2) is 5.25 Å². The highest BCUT2D eigenvalue weighted by molar-refractivity contribution is 7.90. The zero-order valence-corrected chi connectivity index (χ0v) is 10.0. The molecule has 0 radical (unpaired) electrons. The maximum absolute atomic E-state index is 11.7. The molecule has 5 heteroatoms. The van der Waals surface area contributed by atoms with Crippen LogP contribution in [0.1, 0.15) is 39.5 Å². The summed E-state index contributed by atoms with van der Waals surface area (Å²) in [7, 11) is -3.45. The molecule has 15 heavy (non-hydrogen) atoms. The summed E-state index contributed by atoms with van der Waals surface area (Å²) in [6, 6.07) is 1.79. The summed E-state index contributed by atoms with van der Waals surface area (Å²) in [5.74, 6) is 0.455. The molecule has 0 aromatic carbocycles. The minimum absolute atomic E-state index is 0.0360. The highest BCUT2D eigenvalue weighted by Gasteiger charge is 2.30. The van der Waals surface area contributed by atoms with Crippen LogP contribution < -0.4 is 4.72 Å². The molecule has 1 aliphatic rings. The summed E-state index contributed by atoms with van der Waals surface area (Å²) in [5.41, 5.74) is 0. The van der Waals surface area contributed by atoms with Crippen molar-refractivity contribution in [1.82, 2.24) is 4.72 Å². The summed E-state index contributed by atoms with van der Waals surface area (Å²) in [6.45, 7) is 3.59. The van der Waals surface area contributed by atoms with E-state index < -0.39 is 15.3 Å². The van der Waals surface area contributed by atoms with E-state index in [4.69, 9.17) is 5.26 Å². The first-order valence-corrected chi connectivity index (χ1v) is 6.96. The van der Waals surface area contributed by atoms with Gasteiger partial charge in [-0.1, -0.05) is 13.3 Å². The first-order chi connectivity index (χ1) is 7.01. The highest BCUT2D eigenvalue weighted by Crippen LogP contribution is 2.29. The van der Waals surface area contributed by atoms with Gasteiger partial charge in [0, 0.05) is 6.04 Å². The van der Waals surface area contributed by atoms with E-state index in [-0.39, 0.29) is 6.04 Å². The Morgan fingerprint density at radius 2 is 2.13 bits per heavy atom. The van der Waals surface area contributed by atoms with Crippen molar-refractivity contribution in [2.24, 2.45) is 5.92 Å². The fraction of sp³-hybridized carbons (Fsp3) is 0.900. The number of nitrogens with zero attached hydrogens (tertiary/aromatic N) is 1. The quantitative estimate of drug-likeness (QED) is 0.776. The minimum Gasteiger partial charge on any atom is -0.211 e. The SMILES string of the molecule is CCC(C#N)S(=O)(=O)NC(C)C1CCC1. The Balaban J connectivity index is 2.59. The van der Waals surface area contributed by atoms with E-state index in [1.54, 1.807) is 6.92 Å². The van der Waals surface area contributed by atoms with Crippen molar-refractivity contribution in [3.63, 3.8) is 0 Å². The molecule has 0 spiro atoms. The summed E-state index contributed by atoms with van der Waals surface area (Å²) in [6.07, 6.45) is 3.70. The Morgan fingerprint density at radius 1 is 1.53 bits per heavy atom. The molecule has 1 aliphatic carbocycles. The topological polar surface area (TPSA) is 70.0 Å². The van der Waals surface area contributed by atoms with Crippen LogP contribution in [0, 0.1) is 17.2 Å². The highest BCUT2D eigenvalue weighted by atomic mass is 32.2. The van der Waals surface area contributed by atoms with Gasteiger partial charge in [-0.15, -0.1) is 0 Å². The molecule has 2 atom stereocenters. The van der Waals surface area contributed by atoms with Crippen molar-refractivity contribution in [3.05, 3.63) is 0 Å².